The van der Waals surface area contributed by atoms with E-state index < -0.39 is 11.1 Å². The number of aromatic nitrogens is 3. The number of hydrogen-bond acceptors (Lipinski definition) is 5. The van der Waals surface area contributed by atoms with Crippen LogP contribution in [0.5, 0.6) is 0 Å². The molecule has 0 bridgehead atoms. The number of nitrogens with one attached hydrogen (secondary N) is 1. The third-order valence-corrected chi connectivity index (χ3v) is 4.97. The van der Waals surface area contributed by atoms with Crippen molar-refractivity contribution in [1.29, 1.82) is 0 Å². The topological polar surface area (TPSA) is 99.1 Å². The van der Waals surface area contributed by atoms with E-state index >= 15 is 0 Å². The van der Waals surface area contributed by atoms with Gasteiger partial charge in [0.25, 0.3) is 0 Å². The summed E-state index contributed by atoms with van der Waals surface area (Å²) in [7, 11) is 0. The van der Waals surface area contributed by atoms with Gasteiger partial charge in [-0.05, 0) is 36.8 Å². The third-order valence-electron chi connectivity index (χ3n) is 4.97. The average molecular weight is 418 g/mol. The smallest absolute Gasteiger partial charge is 0.318 e. The molecule has 4 rings (SSSR count). The maximum Gasteiger partial charge on any atom is 0.318 e. The highest BCUT2D eigenvalue weighted by atomic mass is 16.3. The van der Waals surface area contributed by atoms with E-state index in [0.717, 1.165) is 11.3 Å². The Kier molecular flexibility index (Phi) is 5.79. The minimum atomic E-state index is -0.759. The predicted octanol–water partition coefficient (Wildman–Crippen LogP) is 1.95. The Morgan fingerprint density at radius 3 is 2.55 bits per heavy atom. The Balaban J connectivity index is 1.63. The number of rotatable bonds is 7. The normalized spacial score (nSPS) is 12.0. The van der Waals surface area contributed by atoms with Crippen LogP contribution in [-0.4, -0.2) is 26.1 Å². The van der Waals surface area contributed by atoms with E-state index in [0.29, 0.717) is 17.6 Å². The lowest BCUT2D eigenvalue weighted by Gasteiger charge is -2.16. The largest absolute Gasteiger partial charge is 0.469 e. The first-order valence-electron chi connectivity index (χ1n) is 9.97. The molecule has 0 spiro atoms. The van der Waals surface area contributed by atoms with E-state index in [4.69, 9.17) is 4.42 Å². The fourth-order valence-corrected chi connectivity index (χ4v) is 3.56. The number of carbonyl (C=O) groups excluding carboxylic acids is 1. The van der Waals surface area contributed by atoms with Crippen molar-refractivity contribution in [1.82, 2.24) is 19.4 Å². The summed E-state index contributed by atoms with van der Waals surface area (Å²) in [5.41, 5.74) is 0.180. The maximum absolute atomic E-state index is 12.9. The Hall–Kier alpha value is -3.94. The second kappa shape index (κ2) is 8.83. The lowest BCUT2D eigenvalue weighted by atomic mass is 10.2. The van der Waals surface area contributed by atoms with Crippen molar-refractivity contribution in [2.45, 2.75) is 32.5 Å². The Labute approximate surface area is 177 Å². The first-order chi connectivity index (χ1) is 15.0. The van der Waals surface area contributed by atoms with Crippen LogP contribution in [0.2, 0.25) is 0 Å². The molecule has 0 aliphatic heterocycles. The molecule has 0 aliphatic carbocycles. The summed E-state index contributed by atoms with van der Waals surface area (Å²) < 4.78 is 7.83. The molecule has 0 saturated carbocycles. The Morgan fingerprint density at radius 1 is 1.03 bits per heavy atom. The molecule has 4 aromatic rings. The van der Waals surface area contributed by atoms with Crippen molar-refractivity contribution < 1.29 is 9.21 Å². The molecule has 3 aromatic heterocycles. The molecule has 0 saturated heterocycles. The molecule has 0 radical (unpaired) electrons. The van der Waals surface area contributed by atoms with Crippen LogP contribution >= 0.6 is 0 Å². The van der Waals surface area contributed by atoms with Crippen LogP contribution in [-0.2, 0) is 24.3 Å². The number of pyridine rings is 1. The van der Waals surface area contributed by atoms with Crippen LogP contribution in [0.15, 0.2) is 81.1 Å². The van der Waals surface area contributed by atoms with Gasteiger partial charge < -0.3 is 9.73 Å². The molecule has 8 nitrogen and oxygen atoms in total. The molecule has 3 heterocycles. The quantitative estimate of drug-likeness (QED) is 0.463. The van der Waals surface area contributed by atoms with Gasteiger partial charge in [-0.3, -0.25) is 23.5 Å². The first kappa shape index (κ1) is 20.3. The average Bonchev–Trinajstić information content (AvgIpc) is 3.28. The monoisotopic (exact) mass is 418 g/mol. The Morgan fingerprint density at radius 2 is 1.81 bits per heavy atom. The fourth-order valence-electron chi connectivity index (χ4n) is 3.56. The van der Waals surface area contributed by atoms with Crippen molar-refractivity contribution in [3.8, 4) is 0 Å². The zero-order chi connectivity index (χ0) is 21.8. The molecule has 1 aromatic carbocycles. The third kappa shape index (κ3) is 4.48. The predicted molar refractivity (Wildman–Crippen MR) is 116 cm³/mol. The van der Waals surface area contributed by atoms with Crippen molar-refractivity contribution in [3.05, 3.63) is 99.1 Å². The van der Waals surface area contributed by atoms with Crippen LogP contribution < -0.4 is 16.4 Å². The fraction of sp³-hybridized carbons (Fsp3) is 0.217. The zero-order valence-electron chi connectivity index (χ0n) is 17.0. The first-order valence-corrected chi connectivity index (χ1v) is 9.97. The van der Waals surface area contributed by atoms with Gasteiger partial charge in [0.2, 0.25) is 5.91 Å². The summed E-state index contributed by atoms with van der Waals surface area (Å²) in [4.78, 5) is 42.7. The van der Waals surface area contributed by atoms with Crippen molar-refractivity contribution in [3.63, 3.8) is 0 Å². The number of amides is 1. The summed E-state index contributed by atoms with van der Waals surface area (Å²) in [6, 6.07) is 16.1. The number of fused-ring (bicyclic) bond motifs is 1. The minimum absolute atomic E-state index is 0.197. The van der Waals surface area contributed by atoms with Gasteiger partial charge >= 0.3 is 11.1 Å². The van der Waals surface area contributed by atoms with Crippen molar-refractivity contribution in [2.24, 2.45) is 0 Å². The summed E-state index contributed by atoms with van der Waals surface area (Å²) >= 11 is 0. The molecule has 8 heteroatoms. The Bertz CT molecular complexity index is 1310. The molecule has 1 N–H and O–H groups in total. The number of nitrogens with zero attached hydrogens (tertiary/aromatic N) is 3. The zero-order valence-corrected chi connectivity index (χ0v) is 17.0. The van der Waals surface area contributed by atoms with Gasteiger partial charge in [-0.1, -0.05) is 30.3 Å². The molecule has 1 amide bonds. The summed E-state index contributed by atoms with van der Waals surface area (Å²) in [6.07, 6.45) is 3.66. The maximum atomic E-state index is 12.9. The standard InChI is InChI=1S/C23H22N4O4/c1-16(13-18-9-6-12-31-18)25-20(28)15-26-19-10-5-11-24-21(19)27(23(30)22(26)29)14-17-7-3-2-4-8-17/h2-12,16H,13-15H2,1H3,(H,25,28). The van der Waals surface area contributed by atoms with E-state index in [1.54, 1.807) is 30.7 Å². The molecule has 0 fully saturated rings. The van der Waals surface area contributed by atoms with Gasteiger partial charge in [0.1, 0.15) is 12.3 Å². The minimum Gasteiger partial charge on any atom is -0.469 e. The second-order valence-corrected chi connectivity index (χ2v) is 7.37. The highest BCUT2D eigenvalue weighted by molar-refractivity contribution is 5.79. The molecule has 1 atom stereocenters. The van der Waals surface area contributed by atoms with Crippen LogP contribution in [0.3, 0.4) is 0 Å². The van der Waals surface area contributed by atoms with Crippen LogP contribution in [0, 0.1) is 0 Å². The van der Waals surface area contributed by atoms with E-state index in [1.807, 2.05) is 43.3 Å². The van der Waals surface area contributed by atoms with Crippen LogP contribution in [0.1, 0.15) is 18.2 Å². The summed E-state index contributed by atoms with van der Waals surface area (Å²) in [5.74, 6) is 0.384. The van der Waals surface area contributed by atoms with E-state index in [2.05, 4.69) is 10.3 Å². The lowest BCUT2D eigenvalue weighted by Crippen LogP contribution is -2.45. The molecular formula is C23H22N4O4. The number of hydrogen-bond donors (Lipinski definition) is 1. The van der Waals surface area contributed by atoms with Crippen molar-refractivity contribution in [2.75, 3.05) is 0 Å². The summed E-state index contributed by atoms with van der Waals surface area (Å²) in [5, 5.41) is 2.84. The van der Waals surface area contributed by atoms with Gasteiger partial charge in [-0.25, -0.2) is 4.98 Å². The van der Waals surface area contributed by atoms with E-state index in [9.17, 15) is 14.4 Å². The highest BCUT2D eigenvalue weighted by Gasteiger charge is 2.17. The van der Waals surface area contributed by atoms with E-state index in [-0.39, 0.29) is 25.0 Å². The number of benzene rings is 1. The van der Waals surface area contributed by atoms with Gasteiger partial charge in [0, 0.05) is 18.7 Å². The molecule has 1 unspecified atom stereocenters. The SMILES string of the molecule is CC(Cc1ccco1)NC(=O)Cn1c(=O)c(=O)n(Cc2ccccc2)c2ncccc21. The number of carbonyl (C=O) groups is 1. The lowest BCUT2D eigenvalue weighted by molar-refractivity contribution is -0.122. The van der Waals surface area contributed by atoms with Gasteiger partial charge in [-0.2, -0.15) is 0 Å². The second-order valence-electron chi connectivity index (χ2n) is 7.37. The summed E-state index contributed by atoms with van der Waals surface area (Å²) in [6.45, 7) is 1.79. The van der Waals surface area contributed by atoms with Crippen molar-refractivity contribution >= 4 is 17.1 Å². The number of furan rings is 1. The highest BCUT2D eigenvalue weighted by Crippen LogP contribution is 2.10. The molecule has 31 heavy (non-hydrogen) atoms. The molecule has 158 valence electrons. The van der Waals surface area contributed by atoms with Crippen LogP contribution in [0.25, 0.3) is 11.2 Å². The molecular weight excluding hydrogens is 396 g/mol. The van der Waals surface area contributed by atoms with Crippen LogP contribution in [0.4, 0.5) is 0 Å². The molecule has 0 aliphatic rings. The van der Waals surface area contributed by atoms with Gasteiger partial charge in [0.15, 0.2) is 5.65 Å². The van der Waals surface area contributed by atoms with E-state index in [1.165, 1.54) is 9.13 Å². The van der Waals surface area contributed by atoms with Gasteiger partial charge in [-0.15, -0.1) is 0 Å². The van der Waals surface area contributed by atoms with Gasteiger partial charge in [0.05, 0.1) is 18.3 Å².